The highest BCUT2D eigenvalue weighted by Gasteiger charge is 2.32. The molecule has 1 N–H and O–H groups in total. The first-order chi connectivity index (χ1) is 19.6. The molecule has 4 aromatic rings. The maximum Gasteiger partial charge on any atom is 0.573 e. The van der Waals surface area contributed by atoms with Gasteiger partial charge in [-0.05, 0) is 61.9 Å². The fraction of sp³-hybridized carbons (Fsp3) is 0.286. The van der Waals surface area contributed by atoms with Gasteiger partial charge in [-0.15, -0.1) is 18.3 Å². The van der Waals surface area contributed by atoms with Gasteiger partial charge in [-0.25, -0.2) is 0 Å². The number of carbonyl (C=O) groups excluding carboxylic acids is 1. The van der Waals surface area contributed by atoms with E-state index in [-0.39, 0.29) is 34.8 Å². The van der Waals surface area contributed by atoms with Gasteiger partial charge in [0.1, 0.15) is 17.5 Å². The van der Waals surface area contributed by atoms with Crippen LogP contribution in [0.2, 0.25) is 0 Å². The highest BCUT2D eigenvalue weighted by Crippen LogP contribution is 2.25. The number of carbonyl (C=O) groups is 1. The molecule has 1 aliphatic heterocycles. The summed E-state index contributed by atoms with van der Waals surface area (Å²) in [7, 11) is 1.36. The second-order valence-corrected chi connectivity index (χ2v) is 9.42. The monoisotopic (exact) mass is 569 g/mol. The lowest BCUT2D eigenvalue weighted by Gasteiger charge is -2.22. The number of pyridine rings is 1. The molecule has 10 nitrogen and oxygen atoms in total. The summed E-state index contributed by atoms with van der Waals surface area (Å²) in [6.07, 6.45) is -1.64. The molecule has 2 aromatic heterocycles. The van der Waals surface area contributed by atoms with Crippen LogP contribution in [0.5, 0.6) is 5.75 Å². The number of likely N-dealkylation sites (tertiary alicyclic amines) is 1. The normalized spacial score (nSPS) is 15.7. The zero-order valence-corrected chi connectivity index (χ0v) is 21.9. The molecule has 1 fully saturated rings. The number of aromatic nitrogens is 3. The number of benzene rings is 2. The summed E-state index contributed by atoms with van der Waals surface area (Å²) in [5, 5.41) is 8.19. The van der Waals surface area contributed by atoms with Crippen LogP contribution in [0.1, 0.15) is 12.8 Å². The van der Waals surface area contributed by atoms with Crippen LogP contribution in [0, 0.1) is 0 Å². The van der Waals surface area contributed by atoms with E-state index in [1.165, 1.54) is 23.8 Å². The van der Waals surface area contributed by atoms with Gasteiger partial charge in [0.2, 0.25) is 0 Å². The summed E-state index contributed by atoms with van der Waals surface area (Å²) < 4.78 is 49.1. The molecule has 41 heavy (non-hydrogen) atoms. The van der Waals surface area contributed by atoms with Crippen LogP contribution in [0.15, 0.2) is 76.4 Å². The molecule has 1 aliphatic rings. The smallest absolute Gasteiger partial charge is 0.468 e. The van der Waals surface area contributed by atoms with Crippen molar-refractivity contribution in [3.63, 3.8) is 0 Å². The lowest BCUT2D eigenvalue weighted by Crippen LogP contribution is -2.39. The number of methoxy groups -OCH3 is 1. The number of halogens is 3. The van der Waals surface area contributed by atoms with Crippen LogP contribution in [0.3, 0.4) is 0 Å². The van der Waals surface area contributed by atoms with Gasteiger partial charge >= 0.3 is 12.3 Å². The number of alkyl halides is 3. The van der Waals surface area contributed by atoms with Crippen LogP contribution in [0.25, 0.3) is 16.5 Å². The first-order valence-corrected chi connectivity index (χ1v) is 12.8. The van der Waals surface area contributed by atoms with E-state index in [4.69, 9.17) is 4.74 Å². The average molecular weight is 570 g/mol. The molecular weight excluding hydrogens is 543 g/mol. The minimum atomic E-state index is -4.85. The Hall–Kier alpha value is -4.65. The number of nitrogens with zero attached hydrogens (tertiary/aromatic N) is 4. The van der Waals surface area contributed by atoms with E-state index in [0.717, 1.165) is 29.8 Å². The van der Waals surface area contributed by atoms with Gasteiger partial charge in [0.05, 0.1) is 18.2 Å². The zero-order valence-electron chi connectivity index (χ0n) is 21.9. The van der Waals surface area contributed by atoms with Gasteiger partial charge in [-0.3, -0.25) is 19.3 Å². The molecular formula is C28H26F3N5O5. The molecule has 214 valence electrons. The SMILES string of the molecule is COC(=O)C1CCCN1CCn1cccc(Nc2nn(-c3ccc(OC(F)(F)F)cc3)c(=O)c3ccccc23)c1=O. The molecule has 5 rings (SSSR count). The van der Waals surface area contributed by atoms with Crippen molar-refractivity contribution in [2.45, 2.75) is 31.8 Å². The molecule has 1 saturated heterocycles. The van der Waals surface area contributed by atoms with Crippen LogP contribution < -0.4 is 21.2 Å². The van der Waals surface area contributed by atoms with Gasteiger partial charge in [0.15, 0.2) is 5.82 Å². The Bertz CT molecular complexity index is 1680. The zero-order chi connectivity index (χ0) is 29.1. The standard InChI is InChI=1S/C28H26F3N5O5/c1-40-27(39)23-9-5-14-34(23)16-17-35-15-4-8-22(26(35)38)32-24-20-6-2-3-7-21(20)25(37)36(33-24)18-10-12-19(13-11-18)41-28(29,30)31/h2-4,6-8,10-13,15,23H,5,9,14,16-17H2,1H3,(H,32,33). The van der Waals surface area contributed by atoms with Gasteiger partial charge in [-0.1, -0.05) is 18.2 Å². The molecule has 1 unspecified atom stereocenters. The lowest BCUT2D eigenvalue weighted by molar-refractivity contribution is -0.274. The van der Waals surface area contributed by atoms with E-state index >= 15 is 0 Å². The number of anilines is 2. The maximum atomic E-state index is 13.3. The van der Waals surface area contributed by atoms with Crippen molar-refractivity contribution < 1.29 is 27.4 Å². The molecule has 0 spiro atoms. The number of esters is 1. The summed E-state index contributed by atoms with van der Waals surface area (Å²) in [5.41, 5.74) is -0.421. The molecule has 13 heteroatoms. The minimum absolute atomic E-state index is 0.203. The van der Waals surface area contributed by atoms with Crippen LogP contribution in [-0.4, -0.2) is 57.8 Å². The Kier molecular flexibility index (Phi) is 7.79. The van der Waals surface area contributed by atoms with E-state index in [0.29, 0.717) is 30.3 Å². The summed E-state index contributed by atoms with van der Waals surface area (Å²) in [5.74, 6) is -0.526. The fourth-order valence-corrected chi connectivity index (χ4v) is 4.91. The van der Waals surface area contributed by atoms with Crippen molar-refractivity contribution in [2.75, 3.05) is 25.5 Å². The predicted octanol–water partition coefficient (Wildman–Crippen LogP) is 3.83. The molecule has 0 bridgehead atoms. The van der Waals surface area contributed by atoms with Gasteiger partial charge < -0.3 is 19.4 Å². The summed E-state index contributed by atoms with van der Waals surface area (Å²) >= 11 is 0. The van der Waals surface area contributed by atoms with Crippen LogP contribution >= 0.6 is 0 Å². The van der Waals surface area contributed by atoms with Gasteiger partial charge in [-0.2, -0.15) is 4.68 Å². The number of ether oxygens (including phenoxy) is 2. The molecule has 0 amide bonds. The first-order valence-electron chi connectivity index (χ1n) is 12.8. The van der Waals surface area contributed by atoms with E-state index < -0.39 is 17.7 Å². The third kappa shape index (κ3) is 6.09. The Morgan fingerprint density at radius 1 is 1.00 bits per heavy atom. The second-order valence-electron chi connectivity index (χ2n) is 9.42. The number of rotatable bonds is 8. The number of nitrogens with one attached hydrogen (secondary N) is 1. The Labute approximate surface area is 231 Å². The van der Waals surface area contributed by atoms with Crippen LogP contribution in [-0.2, 0) is 16.1 Å². The summed E-state index contributed by atoms with van der Waals surface area (Å²) in [6, 6.07) is 14.4. The Morgan fingerprint density at radius 3 is 2.44 bits per heavy atom. The quantitative estimate of drug-likeness (QED) is 0.319. The number of fused-ring (bicyclic) bond motifs is 1. The molecule has 3 heterocycles. The highest BCUT2D eigenvalue weighted by atomic mass is 19.4. The van der Waals surface area contributed by atoms with Crippen molar-refractivity contribution in [1.82, 2.24) is 19.2 Å². The largest absolute Gasteiger partial charge is 0.573 e. The fourth-order valence-electron chi connectivity index (χ4n) is 4.91. The first kappa shape index (κ1) is 27.9. The number of hydrogen-bond acceptors (Lipinski definition) is 8. The van der Waals surface area contributed by atoms with Crippen molar-refractivity contribution >= 4 is 28.2 Å². The average Bonchev–Trinajstić information content (AvgIpc) is 3.43. The third-order valence-electron chi connectivity index (χ3n) is 6.86. The molecule has 1 atom stereocenters. The molecule has 0 saturated carbocycles. The van der Waals surface area contributed by atoms with Crippen molar-refractivity contribution in [3.05, 3.63) is 87.6 Å². The highest BCUT2D eigenvalue weighted by molar-refractivity contribution is 5.92. The predicted molar refractivity (Wildman–Crippen MR) is 145 cm³/mol. The number of hydrogen-bond donors (Lipinski definition) is 1. The van der Waals surface area contributed by atoms with Crippen molar-refractivity contribution in [2.24, 2.45) is 0 Å². The topological polar surface area (TPSA) is 108 Å². The van der Waals surface area contributed by atoms with Gasteiger partial charge in [0.25, 0.3) is 11.1 Å². The lowest BCUT2D eigenvalue weighted by atomic mass is 10.2. The van der Waals surface area contributed by atoms with Crippen molar-refractivity contribution in [3.8, 4) is 11.4 Å². The van der Waals surface area contributed by atoms with E-state index in [1.54, 1.807) is 42.6 Å². The van der Waals surface area contributed by atoms with Crippen molar-refractivity contribution in [1.29, 1.82) is 0 Å². The van der Waals surface area contributed by atoms with Gasteiger partial charge in [0, 0.05) is 24.7 Å². The molecule has 0 aliphatic carbocycles. The minimum Gasteiger partial charge on any atom is -0.468 e. The third-order valence-corrected chi connectivity index (χ3v) is 6.86. The Morgan fingerprint density at radius 2 is 1.73 bits per heavy atom. The van der Waals surface area contributed by atoms with E-state index in [9.17, 15) is 27.6 Å². The van der Waals surface area contributed by atoms with Crippen LogP contribution in [0.4, 0.5) is 24.7 Å². The maximum absolute atomic E-state index is 13.3. The van der Waals surface area contributed by atoms with E-state index in [2.05, 4.69) is 15.2 Å². The molecule has 0 radical (unpaired) electrons. The second kappa shape index (κ2) is 11.5. The molecule has 2 aromatic carbocycles. The Balaban J connectivity index is 1.44. The summed E-state index contributed by atoms with van der Waals surface area (Å²) in [6.45, 7) is 1.54. The summed E-state index contributed by atoms with van der Waals surface area (Å²) in [4.78, 5) is 40.6. The van der Waals surface area contributed by atoms with E-state index in [1.807, 2.05) is 4.90 Å².